The molecule has 1 N–H and O–H groups in total. The van der Waals surface area contributed by atoms with Gasteiger partial charge in [0.25, 0.3) is 11.7 Å². The van der Waals surface area contributed by atoms with Gasteiger partial charge in [-0.05, 0) is 68.3 Å². The van der Waals surface area contributed by atoms with Crippen molar-refractivity contribution < 1.29 is 28.6 Å². The zero-order valence-electron chi connectivity index (χ0n) is 20.6. The number of para-hydroxylation sites is 1. The molecule has 1 saturated heterocycles. The number of ether oxygens (including phenoxy) is 2. The number of nitrogens with zero attached hydrogens (tertiary/aromatic N) is 1. The number of rotatable bonds is 7. The molecule has 1 heterocycles. The maximum Gasteiger partial charge on any atom is 0.295 e. The van der Waals surface area contributed by atoms with Crippen molar-refractivity contribution in [1.29, 1.82) is 0 Å². The van der Waals surface area contributed by atoms with E-state index in [9.17, 15) is 19.1 Å². The van der Waals surface area contributed by atoms with Gasteiger partial charge in [-0.3, -0.25) is 9.59 Å². The van der Waals surface area contributed by atoms with Gasteiger partial charge in [0.1, 0.15) is 23.1 Å². The van der Waals surface area contributed by atoms with Gasteiger partial charge in [-0.1, -0.05) is 30.3 Å². The Bertz CT molecular complexity index is 1350. The second-order valence-corrected chi connectivity index (χ2v) is 8.94. The molecule has 1 aliphatic rings. The van der Waals surface area contributed by atoms with E-state index in [1.54, 1.807) is 37.3 Å². The van der Waals surface area contributed by atoms with Crippen LogP contribution in [0.1, 0.15) is 42.1 Å². The third kappa shape index (κ3) is 4.82. The van der Waals surface area contributed by atoms with Gasteiger partial charge in [-0.2, -0.15) is 0 Å². The lowest BCUT2D eigenvalue weighted by atomic mass is 9.94. The molecule has 0 aliphatic carbocycles. The van der Waals surface area contributed by atoms with Crippen molar-refractivity contribution in [3.8, 4) is 11.5 Å². The average Bonchev–Trinajstić information content (AvgIpc) is 3.10. The zero-order chi connectivity index (χ0) is 26.0. The van der Waals surface area contributed by atoms with E-state index >= 15 is 0 Å². The third-order valence-corrected chi connectivity index (χ3v) is 6.05. The molecule has 6 nitrogen and oxygen atoms in total. The topological polar surface area (TPSA) is 76.1 Å². The van der Waals surface area contributed by atoms with Crippen molar-refractivity contribution in [1.82, 2.24) is 4.90 Å². The number of hydrogen-bond acceptors (Lipinski definition) is 5. The number of aliphatic hydroxyl groups excluding tert-OH is 1. The lowest BCUT2D eigenvalue weighted by molar-refractivity contribution is -0.140. The predicted octanol–water partition coefficient (Wildman–Crippen LogP) is 5.55. The molecule has 0 radical (unpaired) electrons. The highest BCUT2D eigenvalue weighted by Crippen LogP contribution is 2.42. The summed E-state index contributed by atoms with van der Waals surface area (Å²) in [6.45, 7) is 5.44. The summed E-state index contributed by atoms with van der Waals surface area (Å²) in [5.41, 5.74) is 1.80. The zero-order valence-corrected chi connectivity index (χ0v) is 20.6. The quantitative estimate of drug-likeness (QED) is 0.267. The highest BCUT2D eigenvalue weighted by Gasteiger charge is 2.46. The first-order valence-electron chi connectivity index (χ1n) is 11.6. The minimum absolute atomic E-state index is 0.0670. The number of amides is 1. The fraction of sp³-hybridized carbons (Fsp3) is 0.241. The average molecular weight is 490 g/mol. The molecule has 0 aromatic heterocycles. The molecule has 1 amide bonds. The summed E-state index contributed by atoms with van der Waals surface area (Å²) in [4.78, 5) is 28.1. The number of methoxy groups -OCH3 is 1. The molecule has 3 aromatic rings. The van der Waals surface area contributed by atoms with Crippen LogP contribution in [0.2, 0.25) is 0 Å². The lowest BCUT2D eigenvalue weighted by Gasteiger charge is -2.26. The molecule has 4 rings (SSSR count). The van der Waals surface area contributed by atoms with E-state index in [-0.39, 0.29) is 29.5 Å². The number of carbonyl (C=O) groups is 2. The lowest BCUT2D eigenvalue weighted by Crippen LogP contribution is -2.29. The number of hydrogen-bond donors (Lipinski definition) is 1. The van der Waals surface area contributed by atoms with Crippen LogP contribution in [0, 0.1) is 12.7 Å². The second kappa shape index (κ2) is 10.2. The molecule has 186 valence electrons. The van der Waals surface area contributed by atoms with Crippen LogP contribution in [0.15, 0.2) is 72.3 Å². The molecule has 0 spiro atoms. The first kappa shape index (κ1) is 25.0. The third-order valence-electron chi connectivity index (χ3n) is 6.05. The summed E-state index contributed by atoms with van der Waals surface area (Å²) in [6.07, 6.45) is -0.0811. The Hall–Kier alpha value is -4.13. The SMILES string of the molecule is COc1ccccc1CN1C(=O)C(=O)/C(=C(\O)c2ccc(F)c(C)c2)C1c1cccc(OC(C)C)c1. The van der Waals surface area contributed by atoms with E-state index in [1.165, 1.54) is 30.2 Å². The fourth-order valence-electron chi connectivity index (χ4n) is 4.38. The summed E-state index contributed by atoms with van der Waals surface area (Å²) < 4.78 is 25.2. The molecule has 1 atom stereocenters. The first-order chi connectivity index (χ1) is 17.2. The Balaban J connectivity index is 1.89. The van der Waals surface area contributed by atoms with Gasteiger partial charge in [0.15, 0.2) is 0 Å². The number of carbonyl (C=O) groups excluding carboxylic acids is 2. The maximum absolute atomic E-state index is 13.9. The van der Waals surface area contributed by atoms with Crippen molar-refractivity contribution in [3.63, 3.8) is 0 Å². The van der Waals surface area contributed by atoms with Gasteiger partial charge >= 0.3 is 0 Å². The van der Waals surface area contributed by atoms with Gasteiger partial charge in [0.2, 0.25) is 0 Å². The highest BCUT2D eigenvalue weighted by atomic mass is 19.1. The highest BCUT2D eigenvalue weighted by molar-refractivity contribution is 6.46. The number of likely N-dealkylation sites (tertiary alicyclic amines) is 1. The molecule has 7 heteroatoms. The molecule has 1 aliphatic heterocycles. The van der Waals surface area contributed by atoms with E-state index in [4.69, 9.17) is 9.47 Å². The van der Waals surface area contributed by atoms with Crippen LogP contribution in [0.25, 0.3) is 5.76 Å². The van der Waals surface area contributed by atoms with E-state index < -0.39 is 23.5 Å². The molecule has 1 fully saturated rings. The van der Waals surface area contributed by atoms with Crippen molar-refractivity contribution >= 4 is 17.4 Å². The van der Waals surface area contributed by atoms with Gasteiger partial charge in [0.05, 0.1) is 31.4 Å². The molecule has 3 aromatic carbocycles. The van der Waals surface area contributed by atoms with E-state index in [1.807, 2.05) is 32.0 Å². The van der Waals surface area contributed by atoms with Crippen molar-refractivity contribution in [2.75, 3.05) is 7.11 Å². The Morgan fingerprint density at radius 2 is 1.81 bits per heavy atom. The Labute approximate surface area is 209 Å². The summed E-state index contributed by atoms with van der Waals surface area (Å²) in [5.74, 6) is -1.21. The number of Topliss-reactive ketones (excluding diaryl/α,β-unsaturated/α-hetero) is 1. The van der Waals surface area contributed by atoms with E-state index in [2.05, 4.69) is 0 Å². The number of benzene rings is 3. The molecule has 1 unspecified atom stereocenters. The van der Waals surface area contributed by atoms with Crippen LogP contribution in [0.4, 0.5) is 4.39 Å². The van der Waals surface area contributed by atoms with E-state index in [0.29, 0.717) is 28.2 Å². The van der Waals surface area contributed by atoms with Crippen LogP contribution < -0.4 is 9.47 Å². The van der Waals surface area contributed by atoms with Gasteiger partial charge in [-0.25, -0.2) is 4.39 Å². The van der Waals surface area contributed by atoms with Gasteiger partial charge in [0, 0.05) is 11.1 Å². The second-order valence-electron chi connectivity index (χ2n) is 8.94. The monoisotopic (exact) mass is 489 g/mol. The van der Waals surface area contributed by atoms with Crippen LogP contribution in [0.3, 0.4) is 0 Å². The van der Waals surface area contributed by atoms with Crippen molar-refractivity contribution in [2.45, 2.75) is 39.5 Å². The van der Waals surface area contributed by atoms with Crippen molar-refractivity contribution in [3.05, 3.63) is 100 Å². The standard InChI is InChI=1S/C29H28FNO5/c1-17(2)36-22-10-7-9-19(15-22)26-25(27(32)20-12-13-23(30)18(3)14-20)28(33)29(34)31(26)16-21-8-5-6-11-24(21)35-4/h5-15,17,26,32H,16H2,1-4H3/b27-25-. The Morgan fingerprint density at radius 3 is 2.50 bits per heavy atom. The number of ketones is 1. The summed E-state index contributed by atoms with van der Waals surface area (Å²) >= 11 is 0. The Kier molecular flexibility index (Phi) is 7.10. The smallest absolute Gasteiger partial charge is 0.295 e. The molecular weight excluding hydrogens is 461 g/mol. The molecule has 36 heavy (non-hydrogen) atoms. The maximum atomic E-state index is 13.9. The number of halogens is 1. The van der Waals surface area contributed by atoms with Crippen molar-refractivity contribution in [2.24, 2.45) is 0 Å². The summed E-state index contributed by atoms with van der Waals surface area (Å²) in [7, 11) is 1.54. The van der Waals surface area contributed by atoms with Gasteiger partial charge in [-0.15, -0.1) is 0 Å². The van der Waals surface area contributed by atoms with Crippen LogP contribution in [-0.2, 0) is 16.1 Å². The normalized spacial score (nSPS) is 17.1. The number of aryl methyl sites for hydroxylation is 1. The largest absolute Gasteiger partial charge is 0.507 e. The summed E-state index contributed by atoms with van der Waals surface area (Å²) in [6, 6.07) is 17.5. The molecular formula is C29H28FNO5. The summed E-state index contributed by atoms with van der Waals surface area (Å²) in [5, 5.41) is 11.3. The van der Waals surface area contributed by atoms with Crippen LogP contribution in [-0.4, -0.2) is 34.9 Å². The predicted molar refractivity (Wildman–Crippen MR) is 134 cm³/mol. The van der Waals surface area contributed by atoms with Crippen LogP contribution >= 0.6 is 0 Å². The Morgan fingerprint density at radius 1 is 1.06 bits per heavy atom. The number of aliphatic hydroxyl groups is 1. The van der Waals surface area contributed by atoms with E-state index in [0.717, 1.165) is 0 Å². The first-order valence-corrected chi connectivity index (χ1v) is 11.6. The molecule has 0 bridgehead atoms. The van der Waals surface area contributed by atoms with Gasteiger partial charge < -0.3 is 19.5 Å². The fourth-order valence-corrected chi connectivity index (χ4v) is 4.38. The minimum atomic E-state index is -0.893. The molecule has 0 saturated carbocycles. The van der Waals surface area contributed by atoms with Crippen LogP contribution in [0.5, 0.6) is 11.5 Å². The minimum Gasteiger partial charge on any atom is -0.507 e.